The molecule has 0 radical (unpaired) electrons. The molecule has 1 saturated carbocycles. The summed E-state index contributed by atoms with van der Waals surface area (Å²) in [5.74, 6) is 0.429. The second kappa shape index (κ2) is 10.6. The highest BCUT2D eigenvalue weighted by atomic mass is 16.2. The number of carbonyl (C=O) groups excluding carboxylic acids is 2. The Bertz CT molecular complexity index is 343. The Morgan fingerprint density at radius 2 is 1.91 bits per heavy atom. The molecule has 1 aliphatic rings. The molecule has 128 valence electrons. The fraction of sp³-hybridized carbons (Fsp3) is 0.875. The van der Waals surface area contributed by atoms with Crippen molar-refractivity contribution in [2.45, 2.75) is 57.4 Å². The Kier molecular flexibility index (Phi) is 9.08. The molecule has 6 heteroatoms. The maximum atomic E-state index is 12.4. The van der Waals surface area contributed by atoms with Gasteiger partial charge in [0.2, 0.25) is 11.8 Å². The van der Waals surface area contributed by atoms with E-state index in [0.717, 1.165) is 12.3 Å². The zero-order valence-electron chi connectivity index (χ0n) is 13.9. The molecular weight excluding hydrogens is 280 g/mol. The topological polar surface area (TPSA) is 101 Å². The van der Waals surface area contributed by atoms with E-state index >= 15 is 0 Å². The molecule has 0 saturated heterocycles. The number of nitrogens with zero attached hydrogens (tertiary/aromatic N) is 1. The molecule has 2 amide bonds. The third-order valence-electron chi connectivity index (χ3n) is 4.60. The van der Waals surface area contributed by atoms with Crippen molar-refractivity contribution in [1.29, 1.82) is 0 Å². The molecule has 0 aliphatic heterocycles. The van der Waals surface area contributed by atoms with E-state index in [-0.39, 0.29) is 18.4 Å². The van der Waals surface area contributed by atoms with Crippen LogP contribution in [0.25, 0.3) is 0 Å². The molecule has 1 aliphatic carbocycles. The Balaban J connectivity index is 2.42. The van der Waals surface area contributed by atoms with Crippen LogP contribution in [0.3, 0.4) is 0 Å². The highest BCUT2D eigenvalue weighted by Crippen LogP contribution is 2.25. The lowest BCUT2D eigenvalue weighted by Gasteiger charge is -2.27. The van der Waals surface area contributed by atoms with Gasteiger partial charge in [0.25, 0.3) is 0 Å². The van der Waals surface area contributed by atoms with Gasteiger partial charge in [-0.1, -0.05) is 32.1 Å². The first-order valence-electron chi connectivity index (χ1n) is 8.53. The van der Waals surface area contributed by atoms with Gasteiger partial charge >= 0.3 is 0 Å². The first-order valence-corrected chi connectivity index (χ1v) is 8.53. The van der Waals surface area contributed by atoms with Crippen molar-refractivity contribution in [2.24, 2.45) is 17.4 Å². The van der Waals surface area contributed by atoms with Crippen molar-refractivity contribution in [1.82, 2.24) is 10.2 Å². The monoisotopic (exact) mass is 312 g/mol. The predicted molar refractivity (Wildman–Crippen MR) is 88.1 cm³/mol. The van der Waals surface area contributed by atoms with E-state index in [1.807, 2.05) is 0 Å². The molecule has 1 atom stereocenters. The predicted octanol–water partition coefficient (Wildman–Crippen LogP) is 0.598. The molecule has 1 fully saturated rings. The van der Waals surface area contributed by atoms with E-state index in [2.05, 4.69) is 5.32 Å². The summed E-state index contributed by atoms with van der Waals surface area (Å²) in [6, 6.07) is -0.467. The van der Waals surface area contributed by atoms with E-state index in [1.165, 1.54) is 37.0 Å². The summed E-state index contributed by atoms with van der Waals surface area (Å²) < 4.78 is 0. The highest BCUT2D eigenvalue weighted by molar-refractivity contribution is 5.88. The maximum absolute atomic E-state index is 12.4. The number of hydrogen-bond donors (Lipinski definition) is 3. The minimum Gasteiger partial charge on any atom is -0.354 e. The molecule has 0 heterocycles. The van der Waals surface area contributed by atoms with Gasteiger partial charge in [-0.15, -0.1) is 0 Å². The van der Waals surface area contributed by atoms with Crippen LogP contribution in [-0.2, 0) is 9.59 Å². The van der Waals surface area contributed by atoms with Crippen molar-refractivity contribution >= 4 is 11.8 Å². The first-order chi connectivity index (χ1) is 10.6. The maximum Gasteiger partial charge on any atom is 0.242 e. The molecule has 0 aromatic rings. The smallest absolute Gasteiger partial charge is 0.242 e. The fourth-order valence-corrected chi connectivity index (χ4v) is 3.12. The molecule has 0 spiro atoms. The van der Waals surface area contributed by atoms with Gasteiger partial charge in [0.15, 0.2) is 0 Å². The molecule has 0 aromatic carbocycles. The quantitative estimate of drug-likeness (QED) is 0.580. The molecule has 1 unspecified atom stereocenters. The Labute approximate surface area is 134 Å². The van der Waals surface area contributed by atoms with Crippen molar-refractivity contribution in [3.63, 3.8) is 0 Å². The van der Waals surface area contributed by atoms with Crippen molar-refractivity contribution < 1.29 is 9.59 Å². The van der Waals surface area contributed by atoms with Gasteiger partial charge in [-0.2, -0.15) is 0 Å². The average molecular weight is 312 g/mol. The van der Waals surface area contributed by atoms with Crippen LogP contribution < -0.4 is 16.8 Å². The van der Waals surface area contributed by atoms with Crippen LogP contribution in [0.5, 0.6) is 0 Å². The minimum absolute atomic E-state index is 0.0784. The van der Waals surface area contributed by atoms with Gasteiger partial charge in [-0.25, -0.2) is 0 Å². The Morgan fingerprint density at radius 3 is 2.50 bits per heavy atom. The number of nitrogens with one attached hydrogen (secondary N) is 1. The van der Waals surface area contributed by atoms with Crippen molar-refractivity contribution in [2.75, 3.05) is 26.7 Å². The summed E-state index contributed by atoms with van der Waals surface area (Å²) in [6.45, 7) is 1.12. The number of amides is 2. The third kappa shape index (κ3) is 6.32. The number of rotatable bonds is 9. The van der Waals surface area contributed by atoms with Crippen LogP contribution >= 0.6 is 0 Å². The standard InChI is InChI=1S/C16H32N4O2/c1-20(15(21)12-18)14(8-5-10-17)16(22)19-11-9-13-6-3-2-4-7-13/h13-14H,2-12,17-18H2,1H3,(H,19,22). The zero-order chi connectivity index (χ0) is 16.4. The number of nitrogens with two attached hydrogens (primary N) is 2. The SMILES string of the molecule is CN(C(=O)CN)C(CCCN)C(=O)NCCC1CCCCC1. The van der Waals surface area contributed by atoms with Gasteiger partial charge < -0.3 is 21.7 Å². The van der Waals surface area contributed by atoms with Crippen LogP contribution in [0, 0.1) is 5.92 Å². The van der Waals surface area contributed by atoms with Crippen LogP contribution in [0.4, 0.5) is 0 Å². The summed E-state index contributed by atoms with van der Waals surface area (Å²) >= 11 is 0. The van der Waals surface area contributed by atoms with E-state index in [0.29, 0.717) is 25.9 Å². The van der Waals surface area contributed by atoms with Gasteiger partial charge in [-0.05, 0) is 31.7 Å². The highest BCUT2D eigenvalue weighted by Gasteiger charge is 2.25. The lowest BCUT2D eigenvalue weighted by Crippen LogP contribution is -2.49. The summed E-state index contributed by atoms with van der Waals surface area (Å²) in [6.07, 6.45) is 8.84. The van der Waals surface area contributed by atoms with Crippen LogP contribution in [-0.4, -0.2) is 49.4 Å². The van der Waals surface area contributed by atoms with Crippen molar-refractivity contribution in [3.05, 3.63) is 0 Å². The molecule has 5 N–H and O–H groups in total. The van der Waals surface area contributed by atoms with Gasteiger partial charge in [-0.3, -0.25) is 9.59 Å². The van der Waals surface area contributed by atoms with Crippen LogP contribution in [0.15, 0.2) is 0 Å². The zero-order valence-corrected chi connectivity index (χ0v) is 13.9. The number of likely N-dealkylation sites (N-methyl/N-ethyl adjacent to an activating group) is 1. The Hall–Kier alpha value is -1.14. The Morgan fingerprint density at radius 1 is 1.23 bits per heavy atom. The van der Waals surface area contributed by atoms with Crippen molar-refractivity contribution in [3.8, 4) is 0 Å². The number of carbonyl (C=O) groups is 2. The number of hydrogen-bond acceptors (Lipinski definition) is 4. The largest absolute Gasteiger partial charge is 0.354 e. The van der Waals surface area contributed by atoms with Crippen LogP contribution in [0.2, 0.25) is 0 Å². The summed E-state index contributed by atoms with van der Waals surface area (Å²) in [5, 5.41) is 2.98. The van der Waals surface area contributed by atoms with E-state index in [1.54, 1.807) is 7.05 Å². The summed E-state index contributed by atoms with van der Waals surface area (Å²) in [7, 11) is 1.64. The first kappa shape index (κ1) is 18.9. The second-order valence-corrected chi connectivity index (χ2v) is 6.24. The second-order valence-electron chi connectivity index (χ2n) is 6.24. The lowest BCUT2D eigenvalue weighted by atomic mass is 9.87. The van der Waals surface area contributed by atoms with Gasteiger partial charge in [0.1, 0.15) is 6.04 Å². The van der Waals surface area contributed by atoms with E-state index in [9.17, 15) is 9.59 Å². The molecule has 6 nitrogen and oxygen atoms in total. The minimum atomic E-state index is -0.467. The molecular formula is C16H32N4O2. The molecule has 1 rings (SSSR count). The molecule has 0 bridgehead atoms. The molecule has 0 aromatic heterocycles. The summed E-state index contributed by atoms with van der Waals surface area (Å²) in [5.41, 5.74) is 10.9. The molecule has 22 heavy (non-hydrogen) atoms. The van der Waals surface area contributed by atoms with Crippen LogP contribution in [0.1, 0.15) is 51.4 Å². The third-order valence-corrected chi connectivity index (χ3v) is 4.60. The summed E-state index contributed by atoms with van der Waals surface area (Å²) in [4.78, 5) is 25.5. The lowest BCUT2D eigenvalue weighted by molar-refractivity contribution is -0.138. The van der Waals surface area contributed by atoms with E-state index in [4.69, 9.17) is 11.5 Å². The normalized spacial score (nSPS) is 17.0. The average Bonchev–Trinajstić information content (AvgIpc) is 2.55. The van der Waals surface area contributed by atoms with E-state index < -0.39 is 6.04 Å². The fourth-order valence-electron chi connectivity index (χ4n) is 3.12. The van der Waals surface area contributed by atoms with Gasteiger partial charge in [0, 0.05) is 13.6 Å². The van der Waals surface area contributed by atoms with Gasteiger partial charge in [0.05, 0.1) is 6.54 Å².